The van der Waals surface area contributed by atoms with Crippen molar-refractivity contribution in [1.29, 1.82) is 0 Å². The highest BCUT2D eigenvalue weighted by Gasteiger charge is 2.14. The van der Waals surface area contributed by atoms with E-state index in [1.54, 1.807) is 0 Å². The second kappa shape index (κ2) is 4.54. The van der Waals surface area contributed by atoms with Gasteiger partial charge in [0.15, 0.2) is 0 Å². The first kappa shape index (κ1) is 11.2. The summed E-state index contributed by atoms with van der Waals surface area (Å²) in [6, 6.07) is 0.138. The summed E-state index contributed by atoms with van der Waals surface area (Å²) < 4.78 is 1.81. The summed E-state index contributed by atoms with van der Waals surface area (Å²) in [6.45, 7) is 2.56. The van der Waals surface area contributed by atoms with Gasteiger partial charge in [-0.05, 0) is 6.92 Å². The zero-order chi connectivity index (χ0) is 10.7. The molecule has 1 aromatic heterocycles. The summed E-state index contributed by atoms with van der Waals surface area (Å²) in [5, 5.41) is 6.20. The summed E-state index contributed by atoms with van der Waals surface area (Å²) in [5.41, 5.74) is 11.1. The molecule has 1 atom stereocenters. The van der Waals surface area contributed by atoms with Gasteiger partial charge in [-0.2, -0.15) is 5.10 Å². The van der Waals surface area contributed by atoms with Gasteiger partial charge in [-0.3, -0.25) is 4.68 Å². The standard InChI is InChI=1S/C9H19N5/c1-7-8(6-14(4)11-7)9(5-10)12-13(2)3/h6,9,12H,5,10H2,1-4H3. The fraction of sp³-hybridized carbons (Fsp3) is 0.667. The summed E-state index contributed by atoms with van der Waals surface area (Å²) in [6.07, 6.45) is 2.00. The Morgan fingerprint density at radius 2 is 2.29 bits per heavy atom. The largest absolute Gasteiger partial charge is 0.329 e. The minimum atomic E-state index is 0.138. The summed E-state index contributed by atoms with van der Waals surface area (Å²) >= 11 is 0. The van der Waals surface area contributed by atoms with Crippen molar-refractivity contribution in [2.75, 3.05) is 20.6 Å². The Hall–Kier alpha value is -0.910. The first-order valence-corrected chi connectivity index (χ1v) is 4.68. The van der Waals surface area contributed by atoms with Crippen molar-refractivity contribution in [1.82, 2.24) is 20.2 Å². The molecule has 1 rings (SSSR count). The van der Waals surface area contributed by atoms with Crippen LogP contribution in [0.2, 0.25) is 0 Å². The number of hydrogen-bond acceptors (Lipinski definition) is 4. The van der Waals surface area contributed by atoms with Gasteiger partial charge in [0.1, 0.15) is 0 Å². The highest BCUT2D eigenvalue weighted by molar-refractivity contribution is 5.20. The van der Waals surface area contributed by atoms with E-state index >= 15 is 0 Å². The fourth-order valence-corrected chi connectivity index (χ4v) is 1.52. The number of aromatic nitrogens is 2. The Morgan fingerprint density at radius 3 is 2.64 bits per heavy atom. The molecule has 0 saturated heterocycles. The molecule has 5 nitrogen and oxygen atoms in total. The SMILES string of the molecule is Cc1nn(C)cc1C(CN)NN(C)C. The molecule has 0 saturated carbocycles. The van der Waals surface area contributed by atoms with Gasteiger partial charge in [0.25, 0.3) is 0 Å². The van der Waals surface area contributed by atoms with Crippen LogP contribution in [0.25, 0.3) is 0 Å². The third-order valence-electron chi connectivity index (χ3n) is 2.08. The number of nitrogens with zero attached hydrogens (tertiary/aromatic N) is 3. The zero-order valence-electron chi connectivity index (χ0n) is 9.28. The van der Waals surface area contributed by atoms with E-state index in [1.807, 2.05) is 44.0 Å². The molecule has 0 aliphatic rings. The fourth-order valence-electron chi connectivity index (χ4n) is 1.52. The van der Waals surface area contributed by atoms with Crippen LogP contribution in [-0.2, 0) is 7.05 Å². The van der Waals surface area contributed by atoms with Crippen LogP contribution in [0.5, 0.6) is 0 Å². The molecular weight excluding hydrogens is 178 g/mol. The predicted molar refractivity (Wildman–Crippen MR) is 56.6 cm³/mol. The van der Waals surface area contributed by atoms with Crippen molar-refractivity contribution in [2.24, 2.45) is 12.8 Å². The van der Waals surface area contributed by atoms with Crippen LogP contribution in [0.3, 0.4) is 0 Å². The molecule has 1 unspecified atom stereocenters. The Kier molecular flexibility index (Phi) is 3.62. The Labute approximate surface area is 84.8 Å². The van der Waals surface area contributed by atoms with Gasteiger partial charge >= 0.3 is 0 Å². The summed E-state index contributed by atoms with van der Waals surface area (Å²) in [5.74, 6) is 0. The monoisotopic (exact) mass is 197 g/mol. The molecule has 14 heavy (non-hydrogen) atoms. The summed E-state index contributed by atoms with van der Waals surface area (Å²) in [4.78, 5) is 0. The molecule has 0 aromatic carbocycles. The quantitative estimate of drug-likeness (QED) is 0.656. The average molecular weight is 197 g/mol. The molecule has 0 aliphatic heterocycles. The predicted octanol–water partition coefficient (Wildman–Crippen LogP) is -0.205. The molecule has 0 fully saturated rings. The van der Waals surface area contributed by atoms with Crippen LogP contribution in [0, 0.1) is 6.92 Å². The third-order valence-corrected chi connectivity index (χ3v) is 2.08. The molecular formula is C9H19N5. The highest BCUT2D eigenvalue weighted by atomic mass is 15.5. The maximum absolute atomic E-state index is 5.71. The molecule has 0 aliphatic carbocycles. The van der Waals surface area contributed by atoms with Gasteiger partial charge in [-0.15, -0.1) is 0 Å². The third kappa shape index (κ3) is 2.54. The van der Waals surface area contributed by atoms with Crippen LogP contribution in [0.1, 0.15) is 17.3 Å². The minimum Gasteiger partial charge on any atom is -0.329 e. The van der Waals surface area contributed by atoms with Crippen molar-refractivity contribution in [3.8, 4) is 0 Å². The van der Waals surface area contributed by atoms with Gasteiger partial charge in [0.2, 0.25) is 0 Å². The lowest BCUT2D eigenvalue weighted by Gasteiger charge is -2.21. The van der Waals surface area contributed by atoms with Gasteiger partial charge in [-0.1, -0.05) is 0 Å². The summed E-state index contributed by atoms with van der Waals surface area (Å²) in [7, 11) is 5.82. The number of nitrogens with one attached hydrogen (secondary N) is 1. The van der Waals surface area contributed by atoms with Gasteiger partial charge in [0.05, 0.1) is 11.7 Å². The van der Waals surface area contributed by atoms with Crippen LogP contribution in [-0.4, -0.2) is 35.4 Å². The molecule has 5 heteroatoms. The average Bonchev–Trinajstić information content (AvgIpc) is 2.41. The highest BCUT2D eigenvalue weighted by Crippen LogP contribution is 2.14. The van der Waals surface area contributed by atoms with E-state index in [2.05, 4.69) is 10.5 Å². The Morgan fingerprint density at radius 1 is 1.64 bits per heavy atom. The maximum atomic E-state index is 5.71. The molecule has 0 radical (unpaired) electrons. The number of hydrazine groups is 1. The van der Waals surface area contributed by atoms with E-state index in [-0.39, 0.29) is 6.04 Å². The van der Waals surface area contributed by atoms with E-state index in [9.17, 15) is 0 Å². The molecule has 1 aromatic rings. The number of rotatable bonds is 4. The normalized spacial score (nSPS) is 13.6. The van der Waals surface area contributed by atoms with Crippen LogP contribution in [0.15, 0.2) is 6.20 Å². The molecule has 0 bridgehead atoms. The lowest BCUT2D eigenvalue weighted by Crippen LogP contribution is -2.38. The number of aryl methyl sites for hydroxylation is 2. The van der Waals surface area contributed by atoms with Gasteiger partial charge in [-0.25, -0.2) is 10.4 Å². The molecule has 1 heterocycles. The first-order valence-electron chi connectivity index (χ1n) is 4.68. The minimum absolute atomic E-state index is 0.138. The smallest absolute Gasteiger partial charge is 0.0642 e. The number of nitrogens with two attached hydrogens (primary N) is 1. The van der Waals surface area contributed by atoms with Crippen molar-refractivity contribution < 1.29 is 0 Å². The Bertz CT molecular complexity index is 291. The van der Waals surface area contributed by atoms with Crippen LogP contribution < -0.4 is 11.2 Å². The maximum Gasteiger partial charge on any atom is 0.0642 e. The van der Waals surface area contributed by atoms with Crippen molar-refractivity contribution >= 4 is 0 Å². The number of hydrogen-bond donors (Lipinski definition) is 2. The first-order chi connectivity index (χ1) is 6.54. The molecule has 0 spiro atoms. The Balaban J connectivity index is 2.83. The molecule has 3 N–H and O–H groups in total. The molecule has 0 amide bonds. The van der Waals surface area contributed by atoms with Crippen LogP contribution in [0.4, 0.5) is 0 Å². The van der Waals surface area contributed by atoms with Gasteiger partial charge in [0, 0.05) is 39.4 Å². The van der Waals surface area contributed by atoms with E-state index < -0.39 is 0 Å². The van der Waals surface area contributed by atoms with Crippen molar-refractivity contribution in [3.63, 3.8) is 0 Å². The van der Waals surface area contributed by atoms with E-state index in [0.29, 0.717) is 6.54 Å². The lowest BCUT2D eigenvalue weighted by molar-refractivity contribution is 0.245. The lowest BCUT2D eigenvalue weighted by atomic mass is 10.1. The van der Waals surface area contributed by atoms with Gasteiger partial charge < -0.3 is 5.73 Å². The zero-order valence-corrected chi connectivity index (χ0v) is 9.28. The second-order valence-corrected chi connectivity index (χ2v) is 3.66. The van der Waals surface area contributed by atoms with E-state index in [0.717, 1.165) is 11.3 Å². The van der Waals surface area contributed by atoms with Crippen LogP contribution >= 0.6 is 0 Å². The topological polar surface area (TPSA) is 59.1 Å². The van der Waals surface area contributed by atoms with Crippen molar-refractivity contribution in [2.45, 2.75) is 13.0 Å². The van der Waals surface area contributed by atoms with E-state index in [1.165, 1.54) is 0 Å². The second-order valence-electron chi connectivity index (χ2n) is 3.66. The molecule has 80 valence electrons. The van der Waals surface area contributed by atoms with E-state index in [4.69, 9.17) is 5.73 Å². The van der Waals surface area contributed by atoms with Crippen molar-refractivity contribution in [3.05, 3.63) is 17.5 Å².